The summed E-state index contributed by atoms with van der Waals surface area (Å²) in [4.78, 5) is 27.0. The third-order valence-corrected chi connectivity index (χ3v) is 2.70. The molecule has 2 aromatic rings. The van der Waals surface area contributed by atoms with Gasteiger partial charge in [-0.15, -0.1) is 5.10 Å². The maximum absolute atomic E-state index is 11.7. The van der Waals surface area contributed by atoms with Crippen LogP contribution >= 0.6 is 0 Å². The van der Waals surface area contributed by atoms with Crippen LogP contribution < -0.4 is 10.6 Å². The highest BCUT2D eigenvalue weighted by Gasteiger charge is 2.10. The van der Waals surface area contributed by atoms with Gasteiger partial charge in [0, 0.05) is 19.2 Å². The molecule has 0 radical (unpaired) electrons. The molecule has 20 heavy (non-hydrogen) atoms. The quantitative estimate of drug-likeness (QED) is 0.750. The number of benzene rings is 1. The van der Waals surface area contributed by atoms with Gasteiger partial charge in [-0.2, -0.15) is 0 Å². The van der Waals surface area contributed by atoms with Gasteiger partial charge in [0.2, 0.25) is 5.82 Å². The number of H-pyrrole nitrogens is 1. The SMILES string of the molecule is CNC(=O)c1ccc(CNC(=O)c2n[nH]c(C)n2)cc1. The minimum Gasteiger partial charge on any atom is -0.355 e. The van der Waals surface area contributed by atoms with E-state index < -0.39 is 0 Å². The fourth-order valence-electron chi connectivity index (χ4n) is 1.62. The molecule has 3 N–H and O–H groups in total. The molecular formula is C13H15N5O2. The van der Waals surface area contributed by atoms with E-state index >= 15 is 0 Å². The van der Waals surface area contributed by atoms with E-state index in [2.05, 4.69) is 25.8 Å². The van der Waals surface area contributed by atoms with Crippen LogP contribution in [0.1, 0.15) is 32.4 Å². The molecule has 0 aliphatic heterocycles. The lowest BCUT2D eigenvalue weighted by Gasteiger charge is -2.04. The van der Waals surface area contributed by atoms with E-state index in [1.807, 2.05) is 0 Å². The van der Waals surface area contributed by atoms with Crippen molar-refractivity contribution in [2.24, 2.45) is 0 Å². The lowest BCUT2D eigenvalue weighted by Crippen LogP contribution is -2.24. The zero-order valence-electron chi connectivity index (χ0n) is 11.2. The Kier molecular flexibility index (Phi) is 4.09. The third kappa shape index (κ3) is 3.19. The van der Waals surface area contributed by atoms with Gasteiger partial charge in [-0.05, 0) is 24.6 Å². The standard InChI is InChI=1S/C13H15N5O2/c1-8-16-11(18-17-8)13(20)15-7-9-3-5-10(6-4-9)12(19)14-2/h3-6H,7H2,1-2H3,(H,14,19)(H,15,20)(H,16,17,18). The molecular weight excluding hydrogens is 258 g/mol. The summed E-state index contributed by atoms with van der Waals surface area (Å²) in [6, 6.07) is 6.98. The Labute approximate surface area is 115 Å². The van der Waals surface area contributed by atoms with Crippen LogP contribution in [0, 0.1) is 6.92 Å². The van der Waals surface area contributed by atoms with Crippen molar-refractivity contribution in [3.05, 3.63) is 47.0 Å². The fourth-order valence-corrected chi connectivity index (χ4v) is 1.62. The van der Waals surface area contributed by atoms with Crippen molar-refractivity contribution in [2.75, 3.05) is 7.05 Å². The minimum absolute atomic E-state index is 0.115. The number of nitrogens with zero attached hydrogens (tertiary/aromatic N) is 2. The van der Waals surface area contributed by atoms with Gasteiger partial charge in [0.15, 0.2) is 0 Å². The highest BCUT2D eigenvalue weighted by atomic mass is 16.2. The topological polar surface area (TPSA) is 99.8 Å². The first kappa shape index (κ1) is 13.7. The Morgan fingerprint density at radius 1 is 1.20 bits per heavy atom. The van der Waals surface area contributed by atoms with Crippen LogP contribution in [0.5, 0.6) is 0 Å². The number of hydrogen-bond acceptors (Lipinski definition) is 4. The van der Waals surface area contributed by atoms with Gasteiger partial charge < -0.3 is 10.6 Å². The Bertz CT molecular complexity index is 618. The first-order chi connectivity index (χ1) is 9.60. The number of carbonyl (C=O) groups is 2. The Balaban J connectivity index is 1.94. The molecule has 7 nitrogen and oxygen atoms in total. The van der Waals surface area contributed by atoms with E-state index in [1.54, 1.807) is 38.2 Å². The maximum atomic E-state index is 11.7. The third-order valence-electron chi connectivity index (χ3n) is 2.70. The zero-order chi connectivity index (χ0) is 14.5. The van der Waals surface area contributed by atoms with Crippen LogP contribution in [0.25, 0.3) is 0 Å². The van der Waals surface area contributed by atoms with E-state index in [1.165, 1.54) is 0 Å². The average Bonchev–Trinajstić information content (AvgIpc) is 2.91. The molecule has 0 aliphatic rings. The van der Waals surface area contributed by atoms with Crippen LogP contribution in [0.4, 0.5) is 0 Å². The van der Waals surface area contributed by atoms with Gasteiger partial charge in [0.1, 0.15) is 5.82 Å². The summed E-state index contributed by atoms with van der Waals surface area (Å²) in [6.45, 7) is 2.07. The molecule has 0 saturated heterocycles. The summed E-state index contributed by atoms with van der Waals surface area (Å²) in [5, 5.41) is 11.6. The summed E-state index contributed by atoms with van der Waals surface area (Å²) in [6.07, 6.45) is 0. The largest absolute Gasteiger partial charge is 0.355 e. The van der Waals surface area contributed by atoms with Crippen LogP contribution in [-0.2, 0) is 6.54 Å². The molecule has 0 saturated carbocycles. The second-order valence-corrected chi connectivity index (χ2v) is 4.20. The van der Waals surface area contributed by atoms with Crippen molar-refractivity contribution < 1.29 is 9.59 Å². The molecule has 7 heteroatoms. The van der Waals surface area contributed by atoms with E-state index in [-0.39, 0.29) is 17.6 Å². The lowest BCUT2D eigenvalue weighted by atomic mass is 10.1. The monoisotopic (exact) mass is 273 g/mol. The first-order valence-electron chi connectivity index (χ1n) is 6.08. The smallest absolute Gasteiger partial charge is 0.291 e. The predicted octanol–water partition coefficient (Wildman–Crippen LogP) is 0.403. The zero-order valence-corrected chi connectivity index (χ0v) is 11.2. The van der Waals surface area contributed by atoms with E-state index in [0.29, 0.717) is 17.9 Å². The van der Waals surface area contributed by atoms with E-state index in [9.17, 15) is 9.59 Å². The normalized spacial score (nSPS) is 10.1. The van der Waals surface area contributed by atoms with Crippen molar-refractivity contribution in [1.29, 1.82) is 0 Å². The van der Waals surface area contributed by atoms with Gasteiger partial charge in [-0.3, -0.25) is 14.7 Å². The van der Waals surface area contributed by atoms with Gasteiger partial charge in [0.25, 0.3) is 11.8 Å². The molecule has 0 atom stereocenters. The number of aromatic nitrogens is 3. The number of rotatable bonds is 4. The minimum atomic E-state index is -0.343. The summed E-state index contributed by atoms with van der Waals surface area (Å²) < 4.78 is 0. The Morgan fingerprint density at radius 2 is 1.90 bits per heavy atom. The number of aryl methyl sites for hydroxylation is 1. The molecule has 0 unspecified atom stereocenters. The van der Waals surface area contributed by atoms with Crippen molar-refractivity contribution >= 4 is 11.8 Å². The molecule has 0 bridgehead atoms. The van der Waals surface area contributed by atoms with Crippen molar-refractivity contribution in [3.63, 3.8) is 0 Å². The fraction of sp³-hybridized carbons (Fsp3) is 0.231. The summed E-state index contributed by atoms with van der Waals surface area (Å²) in [7, 11) is 1.58. The Hall–Kier alpha value is -2.70. The number of nitrogens with one attached hydrogen (secondary N) is 3. The second kappa shape index (κ2) is 5.96. The predicted molar refractivity (Wildman–Crippen MR) is 72.1 cm³/mol. The van der Waals surface area contributed by atoms with Crippen LogP contribution in [0.15, 0.2) is 24.3 Å². The van der Waals surface area contributed by atoms with Gasteiger partial charge in [-0.25, -0.2) is 4.98 Å². The summed E-state index contributed by atoms with van der Waals surface area (Å²) in [5.41, 5.74) is 1.46. The van der Waals surface area contributed by atoms with Crippen molar-refractivity contribution in [3.8, 4) is 0 Å². The number of hydrogen-bond donors (Lipinski definition) is 3. The van der Waals surface area contributed by atoms with Crippen LogP contribution in [-0.4, -0.2) is 34.0 Å². The molecule has 0 spiro atoms. The average molecular weight is 273 g/mol. The molecule has 0 aliphatic carbocycles. The molecule has 1 aromatic carbocycles. The van der Waals surface area contributed by atoms with Gasteiger partial charge in [0.05, 0.1) is 0 Å². The molecule has 2 rings (SSSR count). The molecule has 0 fully saturated rings. The van der Waals surface area contributed by atoms with Gasteiger partial charge >= 0.3 is 0 Å². The summed E-state index contributed by atoms with van der Waals surface area (Å²) >= 11 is 0. The second-order valence-electron chi connectivity index (χ2n) is 4.20. The molecule has 104 valence electrons. The Morgan fingerprint density at radius 3 is 2.45 bits per heavy atom. The number of carbonyl (C=O) groups excluding carboxylic acids is 2. The van der Waals surface area contributed by atoms with Crippen LogP contribution in [0.2, 0.25) is 0 Å². The summed E-state index contributed by atoms with van der Waals surface area (Å²) in [5.74, 6) is 0.219. The van der Waals surface area contributed by atoms with Crippen molar-refractivity contribution in [1.82, 2.24) is 25.8 Å². The number of amides is 2. The lowest BCUT2D eigenvalue weighted by molar-refractivity contribution is 0.0937. The van der Waals surface area contributed by atoms with E-state index in [0.717, 1.165) is 5.56 Å². The first-order valence-corrected chi connectivity index (χ1v) is 6.08. The van der Waals surface area contributed by atoms with Crippen molar-refractivity contribution in [2.45, 2.75) is 13.5 Å². The van der Waals surface area contributed by atoms with E-state index in [4.69, 9.17) is 0 Å². The maximum Gasteiger partial charge on any atom is 0.291 e. The molecule has 1 aromatic heterocycles. The highest BCUT2D eigenvalue weighted by molar-refractivity contribution is 5.94. The number of aromatic amines is 1. The van der Waals surface area contributed by atoms with Crippen LogP contribution in [0.3, 0.4) is 0 Å². The van der Waals surface area contributed by atoms with Gasteiger partial charge in [-0.1, -0.05) is 12.1 Å². The molecule has 2 amide bonds. The highest BCUT2D eigenvalue weighted by Crippen LogP contribution is 2.04. The molecule has 1 heterocycles.